The van der Waals surface area contributed by atoms with Crippen molar-refractivity contribution in [3.05, 3.63) is 29.0 Å². The molecule has 0 fully saturated rings. The van der Waals surface area contributed by atoms with E-state index in [2.05, 4.69) is 77.6 Å². The lowest BCUT2D eigenvalue weighted by atomic mass is 9.90. The highest BCUT2D eigenvalue weighted by Crippen LogP contribution is 2.43. The standard InChI is InChI=1S/C15H18Br4O2/c1-3-5-6-8(4-2)7-9-10(15(20)21)12(17)14(19)13(18)11(9)16/h8H,3-7H2,1-2H3,(H,20,21)/p-1. The Morgan fingerprint density at radius 3 is 2.10 bits per heavy atom. The van der Waals surface area contributed by atoms with Gasteiger partial charge in [-0.2, -0.15) is 0 Å². The van der Waals surface area contributed by atoms with Gasteiger partial charge in [0.25, 0.3) is 0 Å². The summed E-state index contributed by atoms with van der Waals surface area (Å²) in [5.74, 6) is -0.685. The third-order valence-electron chi connectivity index (χ3n) is 3.60. The third kappa shape index (κ3) is 4.79. The molecule has 1 unspecified atom stereocenters. The highest BCUT2D eigenvalue weighted by Gasteiger charge is 2.21. The number of aromatic carboxylic acids is 1. The molecule has 0 amide bonds. The number of carboxylic acid groups (broad SMARTS) is 1. The van der Waals surface area contributed by atoms with Crippen molar-refractivity contribution >= 4 is 69.7 Å². The minimum absolute atomic E-state index is 0.229. The van der Waals surface area contributed by atoms with Crippen LogP contribution in [0.1, 0.15) is 55.5 Å². The van der Waals surface area contributed by atoms with Gasteiger partial charge in [0.15, 0.2) is 0 Å². The van der Waals surface area contributed by atoms with Gasteiger partial charge in [-0.25, -0.2) is 0 Å². The molecule has 0 saturated carbocycles. The van der Waals surface area contributed by atoms with Crippen molar-refractivity contribution in [1.82, 2.24) is 0 Å². The van der Waals surface area contributed by atoms with Crippen molar-refractivity contribution in [2.24, 2.45) is 5.92 Å². The molecule has 0 aliphatic heterocycles. The summed E-state index contributed by atoms with van der Waals surface area (Å²) in [4.78, 5) is 11.5. The lowest BCUT2D eigenvalue weighted by molar-refractivity contribution is -0.255. The van der Waals surface area contributed by atoms with Crippen LogP contribution in [-0.4, -0.2) is 5.97 Å². The van der Waals surface area contributed by atoms with Crippen LogP contribution >= 0.6 is 63.7 Å². The van der Waals surface area contributed by atoms with E-state index in [1.807, 2.05) is 0 Å². The minimum Gasteiger partial charge on any atom is -0.545 e. The number of unbranched alkanes of at least 4 members (excludes halogenated alkanes) is 1. The second-order valence-corrected chi connectivity index (χ2v) is 8.19. The fraction of sp³-hybridized carbons (Fsp3) is 0.533. The second kappa shape index (κ2) is 9.04. The van der Waals surface area contributed by atoms with Gasteiger partial charge in [0.05, 0.1) is 5.97 Å². The molecule has 21 heavy (non-hydrogen) atoms. The first-order chi connectivity index (χ1) is 9.84. The molecule has 1 rings (SSSR count). The number of carbonyl (C=O) groups is 1. The third-order valence-corrected chi connectivity index (χ3v) is 8.45. The van der Waals surface area contributed by atoms with E-state index in [1.165, 1.54) is 0 Å². The smallest absolute Gasteiger partial charge is 0.0730 e. The quantitative estimate of drug-likeness (QED) is 0.316. The first-order valence-electron chi connectivity index (χ1n) is 6.91. The van der Waals surface area contributed by atoms with Gasteiger partial charge in [-0.05, 0) is 81.6 Å². The zero-order valence-electron chi connectivity index (χ0n) is 11.9. The Morgan fingerprint density at radius 2 is 1.62 bits per heavy atom. The first-order valence-corrected chi connectivity index (χ1v) is 10.1. The average molecular weight is 549 g/mol. The van der Waals surface area contributed by atoms with Gasteiger partial charge in [-0.1, -0.05) is 39.5 Å². The molecule has 1 aromatic rings. The molecule has 0 spiro atoms. The monoisotopic (exact) mass is 545 g/mol. The summed E-state index contributed by atoms with van der Waals surface area (Å²) in [6, 6.07) is 0. The molecule has 0 aromatic heterocycles. The Bertz CT molecular complexity index is 529. The fourth-order valence-corrected chi connectivity index (χ4v) is 4.84. The second-order valence-electron chi connectivity index (χ2n) is 5.02. The molecule has 1 atom stereocenters. The summed E-state index contributed by atoms with van der Waals surface area (Å²) in [5, 5.41) is 11.5. The Kier molecular flexibility index (Phi) is 8.46. The number of halogens is 4. The number of rotatable bonds is 7. The van der Waals surface area contributed by atoms with Crippen molar-refractivity contribution in [3.8, 4) is 0 Å². The predicted molar refractivity (Wildman–Crippen MR) is 98.6 cm³/mol. The van der Waals surface area contributed by atoms with E-state index in [4.69, 9.17) is 0 Å². The Balaban J connectivity index is 3.30. The fourth-order valence-electron chi connectivity index (χ4n) is 2.31. The van der Waals surface area contributed by atoms with Crippen LogP contribution in [0.15, 0.2) is 17.9 Å². The summed E-state index contributed by atoms with van der Waals surface area (Å²) >= 11 is 13.8. The number of carboxylic acids is 1. The van der Waals surface area contributed by atoms with Gasteiger partial charge in [0.2, 0.25) is 0 Å². The summed E-state index contributed by atoms with van der Waals surface area (Å²) in [7, 11) is 0. The molecule has 2 nitrogen and oxygen atoms in total. The molecule has 0 saturated heterocycles. The lowest BCUT2D eigenvalue weighted by Gasteiger charge is -2.22. The van der Waals surface area contributed by atoms with Crippen LogP contribution in [0.2, 0.25) is 0 Å². The van der Waals surface area contributed by atoms with Crippen LogP contribution in [0.3, 0.4) is 0 Å². The predicted octanol–water partition coefficient (Wildman–Crippen LogP) is 5.86. The molecule has 6 heteroatoms. The molecule has 0 aliphatic rings. The SMILES string of the molecule is CCCCC(CC)Cc1c(Br)c(Br)c(Br)c(Br)c1C(=O)[O-]. The van der Waals surface area contributed by atoms with E-state index in [9.17, 15) is 9.90 Å². The van der Waals surface area contributed by atoms with E-state index < -0.39 is 5.97 Å². The Labute approximate surface area is 159 Å². The van der Waals surface area contributed by atoms with Gasteiger partial charge in [0.1, 0.15) is 0 Å². The van der Waals surface area contributed by atoms with Crippen LogP contribution in [0.25, 0.3) is 0 Å². The number of carbonyl (C=O) groups excluding carboxylic acids is 1. The zero-order valence-corrected chi connectivity index (χ0v) is 18.3. The van der Waals surface area contributed by atoms with E-state index in [0.717, 1.165) is 46.6 Å². The maximum atomic E-state index is 11.5. The van der Waals surface area contributed by atoms with Crippen LogP contribution in [0.4, 0.5) is 0 Å². The van der Waals surface area contributed by atoms with Crippen molar-refractivity contribution in [1.29, 1.82) is 0 Å². The van der Waals surface area contributed by atoms with Gasteiger partial charge in [0, 0.05) is 23.5 Å². The van der Waals surface area contributed by atoms with E-state index >= 15 is 0 Å². The van der Waals surface area contributed by atoms with E-state index in [-0.39, 0.29) is 5.56 Å². The highest BCUT2D eigenvalue weighted by atomic mass is 79.9. The Morgan fingerprint density at radius 1 is 1.05 bits per heavy atom. The molecular formula is C15H17Br4O2-. The molecule has 0 radical (unpaired) electrons. The first kappa shape index (κ1) is 19.7. The van der Waals surface area contributed by atoms with Gasteiger partial charge >= 0.3 is 0 Å². The van der Waals surface area contributed by atoms with Crippen LogP contribution in [-0.2, 0) is 6.42 Å². The van der Waals surface area contributed by atoms with Crippen molar-refractivity contribution < 1.29 is 9.90 Å². The highest BCUT2D eigenvalue weighted by molar-refractivity contribution is 9.15. The number of hydrogen-bond acceptors (Lipinski definition) is 2. The van der Waals surface area contributed by atoms with Crippen LogP contribution in [0.5, 0.6) is 0 Å². The Hall–Kier alpha value is 0.610. The minimum atomic E-state index is -1.16. The summed E-state index contributed by atoms with van der Waals surface area (Å²) in [6.45, 7) is 4.32. The molecule has 0 bridgehead atoms. The van der Waals surface area contributed by atoms with E-state index in [1.54, 1.807) is 0 Å². The topological polar surface area (TPSA) is 40.1 Å². The molecule has 118 valence electrons. The maximum Gasteiger partial charge on any atom is 0.0730 e. The lowest BCUT2D eigenvalue weighted by Crippen LogP contribution is -2.25. The van der Waals surface area contributed by atoms with Gasteiger partial charge < -0.3 is 9.90 Å². The zero-order chi connectivity index (χ0) is 16.2. The largest absolute Gasteiger partial charge is 0.545 e. The van der Waals surface area contributed by atoms with Crippen molar-refractivity contribution in [2.75, 3.05) is 0 Å². The van der Waals surface area contributed by atoms with Gasteiger partial charge in [-0.15, -0.1) is 0 Å². The van der Waals surface area contributed by atoms with Crippen molar-refractivity contribution in [2.45, 2.75) is 46.0 Å². The summed E-state index contributed by atoms with van der Waals surface area (Å²) in [5.41, 5.74) is 1.02. The summed E-state index contributed by atoms with van der Waals surface area (Å²) < 4.78 is 2.81. The average Bonchev–Trinajstić information content (AvgIpc) is 2.45. The molecular weight excluding hydrogens is 532 g/mol. The summed E-state index contributed by atoms with van der Waals surface area (Å²) in [6.07, 6.45) is 5.18. The number of benzene rings is 1. The number of hydrogen-bond donors (Lipinski definition) is 0. The van der Waals surface area contributed by atoms with Crippen LogP contribution < -0.4 is 5.11 Å². The van der Waals surface area contributed by atoms with Gasteiger partial charge in [-0.3, -0.25) is 0 Å². The molecule has 0 aliphatic carbocycles. The molecule has 0 N–H and O–H groups in total. The van der Waals surface area contributed by atoms with E-state index in [0.29, 0.717) is 14.9 Å². The normalized spacial score (nSPS) is 12.5. The van der Waals surface area contributed by atoms with Crippen molar-refractivity contribution in [3.63, 3.8) is 0 Å². The maximum absolute atomic E-state index is 11.5. The molecule has 0 heterocycles. The van der Waals surface area contributed by atoms with Crippen LogP contribution in [0, 0.1) is 5.92 Å². The molecule has 1 aromatic carbocycles.